The lowest BCUT2D eigenvalue weighted by molar-refractivity contribution is -0.137. The van der Waals surface area contributed by atoms with Gasteiger partial charge in [0.2, 0.25) is 0 Å². The fraction of sp³-hybridized carbons (Fsp3) is 0.250. The summed E-state index contributed by atoms with van der Waals surface area (Å²) in [5, 5.41) is 2.55. The molecule has 8 heteroatoms. The Bertz CT molecular complexity index is 769. The van der Waals surface area contributed by atoms with Gasteiger partial charge in [-0.05, 0) is 36.8 Å². The first-order chi connectivity index (χ1) is 11.2. The number of furan rings is 1. The standard InChI is InChI=1S/C16H13F3N2O3/c1-15(12-3-2-8-24-12)13(22)21(14(23)20-15)9-10-4-6-11(7-5-10)16(17,18)19/h2-8H,9H2,1H3,(H,20,23)/t15-/m1/s1. The molecule has 5 nitrogen and oxygen atoms in total. The lowest BCUT2D eigenvalue weighted by Crippen LogP contribution is -2.40. The minimum Gasteiger partial charge on any atom is -0.466 e. The Kier molecular flexibility index (Phi) is 3.62. The zero-order valence-electron chi connectivity index (χ0n) is 12.6. The topological polar surface area (TPSA) is 62.6 Å². The molecular formula is C16H13F3N2O3. The van der Waals surface area contributed by atoms with Crippen molar-refractivity contribution in [2.24, 2.45) is 0 Å². The molecule has 1 aromatic carbocycles. The molecule has 1 aliphatic heterocycles. The predicted molar refractivity (Wildman–Crippen MR) is 76.6 cm³/mol. The number of carbonyl (C=O) groups is 2. The Labute approximate surface area is 135 Å². The van der Waals surface area contributed by atoms with Crippen molar-refractivity contribution in [1.29, 1.82) is 0 Å². The molecule has 1 fully saturated rings. The van der Waals surface area contributed by atoms with Crippen molar-refractivity contribution in [1.82, 2.24) is 10.2 Å². The number of halogens is 3. The van der Waals surface area contributed by atoms with Crippen molar-refractivity contribution in [3.05, 3.63) is 59.5 Å². The predicted octanol–water partition coefficient (Wildman–Crippen LogP) is 3.27. The number of rotatable bonds is 3. The minimum atomic E-state index is -4.43. The molecule has 0 aliphatic carbocycles. The molecular weight excluding hydrogens is 325 g/mol. The number of nitrogens with zero attached hydrogens (tertiary/aromatic N) is 1. The van der Waals surface area contributed by atoms with Crippen LogP contribution in [0, 0.1) is 0 Å². The number of imide groups is 1. The zero-order chi connectivity index (χ0) is 17.5. The number of alkyl halides is 3. The molecule has 1 saturated heterocycles. The molecule has 1 N–H and O–H groups in total. The maximum Gasteiger partial charge on any atom is 0.416 e. The van der Waals surface area contributed by atoms with Crippen LogP contribution in [0.5, 0.6) is 0 Å². The molecule has 2 heterocycles. The average Bonchev–Trinajstić information content (AvgIpc) is 3.12. The van der Waals surface area contributed by atoms with E-state index in [1.807, 2.05) is 0 Å². The van der Waals surface area contributed by atoms with Crippen molar-refractivity contribution in [2.45, 2.75) is 25.2 Å². The van der Waals surface area contributed by atoms with Crippen molar-refractivity contribution in [3.63, 3.8) is 0 Å². The first-order valence-electron chi connectivity index (χ1n) is 7.06. The van der Waals surface area contributed by atoms with Gasteiger partial charge >= 0.3 is 12.2 Å². The highest BCUT2D eigenvalue weighted by Gasteiger charge is 2.50. The summed E-state index contributed by atoms with van der Waals surface area (Å²) in [7, 11) is 0. The highest BCUT2D eigenvalue weighted by atomic mass is 19.4. The van der Waals surface area contributed by atoms with Gasteiger partial charge in [0.05, 0.1) is 18.4 Å². The largest absolute Gasteiger partial charge is 0.466 e. The summed E-state index contributed by atoms with van der Waals surface area (Å²) in [5.74, 6) is -0.238. The normalized spacial score (nSPS) is 21.2. The van der Waals surface area contributed by atoms with E-state index in [4.69, 9.17) is 4.42 Å². The van der Waals surface area contributed by atoms with Gasteiger partial charge in [-0.15, -0.1) is 0 Å². The van der Waals surface area contributed by atoms with E-state index >= 15 is 0 Å². The van der Waals surface area contributed by atoms with Gasteiger partial charge in [0.15, 0.2) is 5.54 Å². The van der Waals surface area contributed by atoms with Crippen LogP contribution in [0.3, 0.4) is 0 Å². The second kappa shape index (κ2) is 5.40. The summed E-state index contributed by atoms with van der Waals surface area (Å²) in [6.45, 7) is 1.39. The van der Waals surface area contributed by atoms with Crippen molar-refractivity contribution >= 4 is 11.9 Å². The molecule has 0 unspecified atom stereocenters. The number of hydrogen-bond acceptors (Lipinski definition) is 3. The molecule has 1 aliphatic rings. The van der Waals surface area contributed by atoms with E-state index in [1.54, 1.807) is 12.1 Å². The maximum absolute atomic E-state index is 12.6. The lowest BCUT2D eigenvalue weighted by atomic mass is 9.99. The van der Waals surface area contributed by atoms with Gasteiger partial charge in [0.25, 0.3) is 5.91 Å². The van der Waals surface area contributed by atoms with Crippen LogP contribution in [-0.4, -0.2) is 16.8 Å². The van der Waals surface area contributed by atoms with Crippen molar-refractivity contribution in [2.75, 3.05) is 0 Å². The van der Waals surface area contributed by atoms with Gasteiger partial charge in [0.1, 0.15) is 5.76 Å². The van der Waals surface area contributed by atoms with Crippen LogP contribution in [0.1, 0.15) is 23.8 Å². The summed E-state index contributed by atoms with van der Waals surface area (Å²) >= 11 is 0. The SMILES string of the molecule is C[C@]1(c2ccco2)NC(=O)N(Cc2ccc(C(F)(F)F)cc2)C1=O. The maximum atomic E-state index is 12.6. The number of nitrogens with one attached hydrogen (secondary N) is 1. The minimum absolute atomic E-state index is 0.126. The summed E-state index contributed by atoms with van der Waals surface area (Å²) in [5.41, 5.74) is -1.70. The van der Waals surface area contributed by atoms with Gasteiger partial charge in [-0.3, -0.25) is 9.69 Å². The monoisotopic (exact) mass is 338 g/mol. The lowest BCUT2D eigenvalue weighted by Gasteiger charge is -2.19. The Hall–Kier alpha value is -2.77. The first-order valence-corrected chi connectivity index (χ1v) is 7.06. The third-order valence-corrected chi connectivity index (χ3v) is 3.91. The van der Waals surface area contributed by atoms with E-state index in [1.165, 1.54) is 25.3 Å². The molecule has 2 aromatic rings. The molecule has 0 spiro atoms. The molecule has 1 aromatic heterocycles. The van der Waals surface area contributed by atoms with Crippen molar-refractivity contribution < 1.29 is 27.2 Å². The van der Waals surface area contributed by atoms with Crippen LogP contribution in [0.2, 0.25) is 0 Å². The van der Waals surface area contributed by atoms with Gasteiger partial charge < -0.3 is 9.73 Å². The molecule has 24 heavy (non-hydrogen) atoms. The van der Waals surface area contributed by atoms with Gasteiger partial charge in [-0.25, -0.2) is 4.79 Å². The van der Waals surface area contributed by atoms with E-state index in [2.05, 4.69) is 5.32 Å². The molecule has 1 atom stereocenters. The molecule has 0 saturated carbocycles. The Balaban J connectivity index is 1.81. The van der Waals surface area contributed by atoms with Crippen LogP contribution in [0.25, 0.3) is 0 Å². The van der Waals surface area contributed by atoms with Crippen LogP contribution in [0.15, 0.2) is 47.1 Å². The fourth-order valence-electron chi connectivity index (χ4n) is 2.55. The number of urea groups is 1. The molecule has 0 bridgehead atoms. The molecule has 3 amide bonds. The van der Waals surface area contributed by atoms with E-state index in [0.717, 1.165) is 17.0 Å². The average molecular weight is 338 g/mol. The Morgan fingerprint density at radius 2 is 1.83 bits per heavy atom. The van der Waals surface area contributed by atoms with E-state index in [9.17, 15) is 22.8 Å². The summed E-state index contributed by atoms with van der Waals surface area (Å²) in [6.07, 6.45) is -3.05. The summed E-state index contributed by atoms with van der Waals surface area (Å²) in [4.78, 5) is 25.6. The van der Waals surface area contributed by atoms with Crippen LogP contribution in [0.4, 0.5) is 18.0 Å². The third kappa shape index (κ3) is 2.64. The smallest absolute Gasteiger partial charge is 0.416 e. The highest BCUT2D eigenvalue weighted by Crippen LogP contribution is 2.31. The van der Waals surface area contributed by atoms with Crippen LogP contribution < -0.4 is 5.32 Å². The van der Waals surface area contributed by atoms with Gasteiger partial charge in [0, 0.05) is 0 Å². The highest BCUT2D eigenvalue weighted by molar-refractivity contribution is 6.06. The second-order valence-corrected chi connectivity index (χ2v) is 5.62. The van der Waals surface area contributed by atoms with E-state index in [-0.39, 0.29) is 12.3 Å². The van der Waals surface area contributed by atoms with Crippen LogP contribution >= 0.6 is 0 Å². The number of amides is 3. The summed E-state index contributed by atoms with van der Waals surface area (Å²) in [6, 6.07) is 6.86. The first kappa shape index (κ1) is 16.1. The van der Waals surface area contributed by atoms with Crippen molar-refractivity contribution in [3.8, 4) is 0 Å². The van der Waals surface area contributed by atoms with Gasteiger partial charge in [-0.1, -0.05) is 12.1 Å². The quantitative estimate of drug-likeness (QED) is 0.874. The Morgan fingerprint density at radius 1 is 1.17 bits per heavy atom. The zero-order valence-corrected chi connectivity index (χ0v) is 12.6. The Morgan fingerprint density at radius 3 is 2.38 bits per heavy atom. The number of benzene rings is 1. The molecule has 126 valence electrons. The van der Waals surface area contributed by atoms with Gasteiger partial charge in [-0.2, -0.15) is 13.2 Å². The third-order valence-electron chi connectivity index (χ3n) is 3.91. The summed E-state index contributed by atoms with van der Waals surface area (Å²) < 4.78 is 42.9. The molecule has 0 radical (unpaired) electrons. The number of carbonyl (C=O) groups excluding carboxylic acids is 2. The van der Waals surface area contributed by atoms with E-state index in [0.29, 0.717) is 5.56 Å². The molecule has 3 rings (SSSR count). The van der Waals surface area contributed by atoms with Crippen LogP contribution in [-0.2, 0) is 23.1 Å². The van der Waals surface area contributed by atoms with E-state index < -0.39 is 29.2 Å². The second-order valence-electron chi connectivity index (χ2n) is 5.62. The number of hydrogen-bond donors (Lipinski definition) is 1. The fourth-order valence-corrected chi connectivity index (χ4v) is 2.55.